The van der Waals surface area contributed by atoms with Gasteiger partial charge in [-0.1, -0.05) is 32.1 Å². The van der Waals surface area contributed by atoms with Crippen molar-refractivity contribution in [3.8, 4) is 11.8 Å². The van der Waals surface area contributed by atoms with Crippen LogP contribution in [-0.2, 0) is 0 Å². The minimum atomic E-state index is -0.482. The normalized spacial score (nSPS) is 13.0. The zero-order valence-electron chi connectivity index (χ0n) is 12.7. The van der Waals surface area contributed by atoms with Crippen molar-refractivity contribution >= 4 is 5.91 Å². The molecule has 4 heteroatoms. The molecule has 2 N–H and O–H groups in total. The number of carbonyl (C=O) groups excluding carboxylic acids is 1. The second-order valence-electron chi connectivity index (χ2n) is 5.27. The molecule has 0 aliphatic carbocycles. The Morgan fingerprint density at radius 3 is 2.76 bits per heavy atom. The minimum absolute atomic E-state index is 0.00867. The summed E-state index contributed by atoms with van der Waals surface area (Å²) in [5, 5.41) is 11.6. The molecule has 0 radical (unpaired) electrons. The molecule has 1 aromatic carbocycles. The van der Waals surface area contributed by atoms with E-state index < -0.39 is 5.82 Å². The van der Waals surface area contributed by atoms with Gasteiger partial charge in [0.2, 0.25) is 0 Å². The summed E-state index contributed by atoms with van der Waals surface area (Å²) < 4.78 is 13.4. The van der Waals surface area contributed by atoms with Crippen LogP contribution in [0.4, 0.5) is 4.39 Å². The lowest BCUT2D eigenvalue weighted by Crippen LogP contribution is -2.34. The molecule has 0 aliphatic rings. The smallest absolute Gasteiger partial charge is 0.252 e. The monoisotopic (exact) mass is 291 g/mol. The fraction of sp³-hybridized carbons (Fsp3) is 0.471. The number of aliphatic hydroxyl groups is 1. The van der Waals surface area contributed by atoms with Crippen LogP contribution < -0.4 is 5.32 Å². The van der Waals surface area contributed by atoms with Crippen molar-refractivity contribution in [3.63, 3.8) is 0 Å². The van der Waals surface area contributed by atoms with Crippen LogP contribution in [0.1, 0.15) is 49.5 Å². The van der Waals surface area contributed by atoms with Gasteiger partial charge in [-0.15, -0.1) is 0 Å². The zero-order chi connectivity index (χ0) is 15.8. The summed E-state index contributed by atoms with van der Waals surface area (Å²) in [4.78, 5) is 12.3. The van der Waals surface area contributed by atoms with Gasteiger partial charge in [0.1, 0.15) is 12.4 Å². The number of nitrogens with one attached hydrogen (secondary N) is 1. The molecule has 21 heavy (non-hydrogen) atoms. The molecule has 0 spiro atoms. The number of halogens is 1. The number of rotatable bonds is 5. The van der Waals surface area contributed by atoms with E-state index in [0.717, 1.165) is 12.8 Å². The Hall–Kier alpha value is -1.86. The van der Waals surface area contributed by atoms with E-state index in [1.165, 1.54) is 18.2 Å². The van der Waals surface area contributed by atoms with Gasteiger partial charge in [0.05, 0.1) is 5.56 Å². The standard InChI is InChI=1S/C17H22FNO2/c1-4-12(2)10-13(3)19-17(21)16-11-15(18)8-7-14(16)6-5-9-20/h7-8,11-13,20H,4,9-10H2,1-3H3,(H,19,21). The van der Waals surface area contributed by atoms with Crippen LogP contribution in [0.15, 0.2) is 18.2 Å². The predicted molar refractivity (Wildman–Crippen MR) is 81.4 cm³/mol. The van der Waals surface area contributed by atoms with Crippen molar-refractivity contribution in [2.24, 2.45) is 5.92 Å². The number of benzene rings is 1. The first-order valence-electron chi connectivity index (χ1n) is 7.18. The Morgan fingerprint density at radius 1 is 1.43 bits per heavy atom. The molecule has 0 saturated heterocycles. The highest BCUT2D eigenvalue weighted by Crippen LogP contribution is 2.13. The van der Waals surface area contributed by atoms with Crippen molar-refractivity contribution in [1.82, 2.24) is 5.32 Å². The lowest BCUT2D eigenvalue weighted by molar-refractivity contribution is 0.0934. The van der Waals surface area contributed by atoms with Gasteiger partial charge < -0.3 is 10.4 Å². The van der Waals surface area contributed by atoms with Gasteiger partial charge in [-0.05, 0) is 37.5 Å². The summed E-state index contributed by atoms with van der Waals surface area (Å²) in [6, 6.07) is 3.88. The third-order valence-corrected chi connectivity index (χ3v) is 3.36. The number of aliphatic hydroxyl groups excluding tert-OH is 1. The zero-order valence-corrected chi connectivity index (χ0v) is 12.7. The molecular formula is C17H22FNO2. The molecule has 1 aromatic rings. The van der Waals surface area contributed by atoms with Gasteiger partial charge in [0.15, 0.2) is 0 Å². The highest BCUT2D eigenvalue weighted by Gasteiger charge is 2.15. The van der Waals surface area contributed by atoms with E-state index in [1.807, 2.05) is 6.92 Å². The third kappa shape index (κ3) is 5.57. The molecule has 2 atom stereocenters. The number of amides is 1. The first kappa shape index (κ1) is 17.2. The molecule has 114 valence electrons. The predicted octanol–water partition coefficient (Wildman–Crippen LogP) is 2.72. The number of carbonyl (C=O) groups is 1. The maximum absolute atomic E-state index is 13.4. The Morgan fingerprint density at radius 2 is 2.14 bits per heavy atom. The van der Waals surface area contributed by atoms with E-state index in [2.05, 4.69) is 31.0 Å². The average Bonchev–Trinajstić information content (AvgIpc) is 2.45. The third-order valence-electron chi connectivity index (χ3n) is 3.36. The van der Waals surface area contributed by atoms with Crippen LogP contribution >= 0.6 is 0 Å². The van der Waals surface area contributed by atoms with Crippen molar-refractivity contribution in [1.29, 1.82) is 0 Å². The van der Waals surface area contributed by atoms with E-state index in [9.17, 15) is 9.18 Å². The van der Waals surface area contributed by atoms with Crippen molar-refractivity contribution < 1.29 is 14.3 Å². The molecule has 0 fully saturated rings. The maximum Gasteiger partial charge on any atom is 0.252 e. The van der Waals surface area contributed by atoms with E-state index >= 15 is 0 Å². The SMILES string of the molecule is CCC(C)CC(C)NC(=O)c1cc(F)ccc1C#CCO. The van der Waals surface area contributed by atoms with E-state index in [1.54, 1.807) is 0 Å². The molecule has 0 aromatic heterocycles. The van der Waals surface area contributed by atoms with Crippen LogP contribution in [0.2, 0.25) is 0 Å². The van der Waals surface area contributed by atoms with Crippen LogP contribution in [0.25, 0.3) is 0 Å². The second kappa shape index (κ2) is 8.43. The molecule has 0 bridgehead atoms. The molecule has 0 aliphatic heterocycles. The lowest BCUT2D eigenvalue weighted by Gasteiger charge is -2.18. The molecule has 2 unspecified atom stereocenters. The quantitative estimate of drug-likeness (QED) is 0.820. The summed E-state index contributed by atoms with van der Waals surface area (Å²) in [5.74, 6) is 4.84. The molecule has 0 saturated carbocycles. The van der Waals surface area contributed by atoms with Crippen molar-refractivity contribution in [2.75, 3.05) is 6.61 Å². The summed E-state index contributed by atoms with van der Waals surface area (Å²) in [6.07, 6.45) is 1.92. The molecule has 0 heterocycles. The van der Waals surface area contributed by atoms with Crippen LogP contribution in [0, 0.1) is 23.6 Å². The molecule has 3 nitrogen and oxygen atoms in total. The van der Waals surface area contributed by atoms with Crippen LogP contribution in [-0.4, -0.2) is 23.7 Å². The van der Waals surface area contributed by atoms with Crippen molar-refractivity contribution in [3.05, 3.63) is 35.1 Å². The molecule has 1 amide bonds. The van der Waals surface area contributed by atoms with Gasteiger partial charge in [0.25, 0.3) is 5.91 Å². The van der Waals surface area contributed by atoms with E-state index in [-0.39, 0.29) is 24.1 Å². The van der Waals surface area contributed by atoms with Gasteiger partial charge in [-0.25, -0.2) is 4.39 Å². The van der Waals surface area contributed by atoms with Gasteiger partial charge in [-0.2, -0.15) is 0 Å². The number of hydrogen-bond acceptors (Lipinski definition) is 2. The Bertz CT molecular complexity index is 545. The fourth-order valence-corrected chi connectivity index (χ4v) is 2.08. The van der Waals surface area contributed by atoms with E-state index in [4.69, 9.17) is 5.11 Å². The van der Waals surface area contributed by atoms with Crippen LogP contribution in [0.5, 0.6) is 0 Å². The van der Waals surface area contributed by atoms with Crippen molar-refractivity contribution in [2.45, 2.75) is 39.7 Å². The fourth-order valence-electron chi connectivity index (χ4n) is 2.08. The Kier molecular flexibility index (Phi) is 6.90. The lowest BCUT2D eigenvalue weighted by atomic mass is 9.99. The first-order chi connectivity index (χ1) is 9.97. The summed E-state index contributed by atoms with van der Waals surface area (Å²) in [7, 11) is 0. The summed E-state index contributed by atoms with van der Waals surface area (Å²) in [5.41, 5.74) is 0.616. The minimum Gasteiger partial charge on any atom is -0.384 e. The van der Waals surface area contributed by atoms with Crippen LogP contribution in [0.3, 0.4) is 0 Å². The number of hydrogen-bond donors (Lipinski definition) is 2. The van der Waals surface area contributed by atoms with Gasteiger partial charge >= 0.3 is 0 Å². The largest absolute Gasteiger partial charge is 0.384 e. The highest BCUT2D eigenvalue weighted by molar-refractivity contribution is 5.96. The Labute approximate surface area is 125 Å². The maximum atomic E-state index is 13.4. The Balaban J connectivity index is 2.88. The summed E-state index contributed by atoms with van der Waals surface area (Å²) in [6.45, 7) is 5.86. The second-order valence-corrected chi connectivity index (χ2v) is 5.27. The van der Waals surface area contributed by atoms with Gasteiger partial charge in [0, 0.05) is 11.6 Å². The topological polar surface area (TPSA) is 49.3 Å². The molecular weight excluding hydrogens is 269 g/mol. The summed E-state index contributed by atoms with van der Waals surface area (Å²) >= 11 is 0. The average molecular weight is 291 g/mol. The van der Waals surface area contributed by atoms with Gasteiger partial charge in [-0.3, -0.25) is 4.79 Å². The van der Waals surface area contributed by atoms with E-state index in [0.29, 0.717) is 11.5 Å². The highest BCUT2D eigenvalue weighted by atomic mass is 19.1. The molecule has 1 rings (SSSR count). The first-order valence-corrected chi connectivity index (χ1v) is 7.18.